The Morgan fingerprint density at radius 1 is 1.41 bits per heavy atom. The standard InChI is InChI=1S/C12H12N4O/c1-9-2-3-11(17-9)4-5-14-12-6-10(7-13)15-8-16-12/h2-3,6,8H,4-5H2,1H3,(H,14,15,16). The number of nitriles is 1. The van der Waals surface area contributed by atoms with Crippen molar-refractivity contribution in [2.24, 2.45) is 0 Å². The van der Waals surface area contributed by atoms with Gasteiger partial charge in [0, 0.05) is 19.0 Å². The summed E-state index contributed by atoms with van der Waals surface area (Å²) in [5, 5.41) is 11.8. The van der Waals surface area contributed by atoms with Crippen LogP contribution < -0.4 is 5.32 Å². The second kappa shape index (κ2) is 5.12. The topological polar surface area (TPSA) is 74.7 Å². The van der Waals surface area contributed by atoms with Crippen molar-refractivity contribution in [2.75, 3.05) is 11.9 Å². The quantitative estimate of drug-likeness (QED) is 0.865. The molecular formula is C12H12N4O. The molecule has 0 unspecified atom stereocenters. The van der Waals surface area contributed by atoms with E-state index in [0.29, 0.717) is 18.1 Å². The van der Waals surface area contributed by atoms with Crippen LogP contribution in [0.4, 0.5) is 5.82 Å². The highest BCUT2D eigenvalue weighted by atomic mass is 16.3. The van der Waals surface area contributed by atoms with Crippen LogP contribution >= 0.6 is 0 Å². The van der Waals surface area contributed by atoms with Crippen LogP contribution in [0.5, 0.6) is 0 Å². The average molecular weight is 228 g/mol. The largest absolute Gasteiger partial charge is 0.466 e. The third-order valence-corrected chi connectivity index (χ3v) is 2.26. The van der Waals surface area contributed by atoms with Gasteiger partial charge in [-0.25, -0.2) is 9.97 Å². The van der Waals surface area contributed by atoms with E-state index in [1.54, 1.807) is 6.07 Å². The first-order valence-electron chi connectivity index (χ1n) is 5.29. The molecule has 1 N–H and O–H groups in total. The van der Waals surface area contributed by atoms with Crippen molar-refractivity contribution < 1.29 is 4.42 Å². The van der Waals surface area contributed by atoms with Crippen molar-refractivity contribution >= 4 is 5.82 Å². The van der Waals surface area contributed by atoms with Crippen molar-refractivity contribution in [3.63, 3.8) is 0 Å². The molecule has 0 fully saturated rings. The number of hydrogen-bond acceptors (Lipinski definition) is 5. The van der Waals surface area contributed by atoms with Gasteiger partial charge in [0.05, 0.1) is 0 Å². The van der Waals surface area contributed by atoms with E-state index >= 15 is 0 Å². The lowest BCUT2D eigenvalue weighted by atomic mass is 10.3. The summed E-state index contributed by atoms with van der Waals surface area (Å²) < 4.78 is 5.44. The predicted octanol–water partition coefficient (Wildman–Crippen LogP) is 1.90. The van der Waals surface area contributed by atoms with E-state index in [4.69, 9.17) is 9.68 Å². The van der Waals surface area contributed by atoms with Gasteiger partial charge in [0.25, 0.3) is 0 Å². The molecule has 0 radical (unpaired) electrons. The molecule has 5 nitrogen and oxygen atoms in total. The van der Waals surface area contributed by atoms with Gasteiger partial charge in [-0.05, 0) is 19.1 Å². The summed E-state index contributed by atoms with van der Waals surface area (Å²) in [6.45, 7) is 2.62. The zero-order valence-corrected chi connectivity index (χ0v) is 9.47. The maximum Gasteiger partial charge on any atom is 0.145 e. The Morgan fingerprint density at radius 3 is 3.00 bits per heavy atom. The summed E-state index contributed by atoms with van der Waals surface area (Å²) in [5.41, 5.74) is 0.358. The average Bonchev–Trinajstić information content (AvgIpc) is 2.75. The first-order valence-corrected chi connectivity index (χ1v) is 5.29. The van der Waals surface area contributed by atoms with Crippen LogP contribution in [-0.2, 0) is 6.42 Å². The van der Waals surface area contributed by atoms with Gasteiger partial charge in [0.1, 0.15) is 35.4 Å². The summed E-state index contributed by atoms with van der Waals surface area (Å²) in [4.78, 5) is 7.82. The Bertz CT molecular complexity index is 541. The molecule has 0 saturated heterocycles. The Hall–Kier alpha value is -2.35. The minimum atomic E-state index is 0.358. The molecule has 0 aromatic carbocycles. The number of nitrogens with one attached hydrogen (secondary N) is 1. The zero-order valence-electron chi connectivity index (χ0n) is 9.47. The van der Waals surface area contributed by atoms with Crippen LogP contribution in [0.25, 0.3) is 0 Å². The van der Waals surface area contributed by atoms with Gasteiger partial charge >= 0.3 is 0 Å². The Morgan fingerprint density at radius 2 is 2.29 bits per heavy atom. The fourth-order valence-corrected chi connectivity index (χ4v) is 1.45. The van der Waals surface area contributed by atoms with E-state index in [-0.39, 0.29) is 0 Å². The molecule has 2 rings (SSSR count). The third kappa shape index (κ3) is 3.05. The van der Waals surface area contributed by atoms with E-state index in [1.807, 2.05) is 25.1 Å². The molecule has 0 bridgehead atoms. The Labute approximate surface area is 99.1 Å². The number of aromatic nitrogens is 2. The van der Waals surface area contributed by atoms with Crippen molar-refractivity contribution in [2.45, 2.75) is 13.3 Å². The lowest BCUT2D eigenvalue weighted by Crippen LogP contribution is -2.06. The number of aryl methyl sites for hydroxylation is 1. The van der Waals surface area contributed by atoms with Gasteiger partial charge in [-0.3, -0.25) is 0 Å². The van der Waals surface area contributed by atoms with Crippen LogP contribution in [0.3, 0.4) is 0 Å². The molecule has 5 heteroatoms. The van der Waals surface area contributed by atoms with Gasteiger partial charge in [0.15, 0.2) is 0 Å². The molecule has 2 heterocycles. The second-order valence-corrected chi connectivity index (χ2v) is 3.59. The molecule has 2 aromatic heterocycles. The molecule has 86 valence electrons. The first-order chi connectivity index (χ1) is 8.28. The van der Waals surface area contributed by atoms with Gasteiger partial charge in [-0.15, -0.1) is 0 Å². The van der Waals surface area contributed by atoms with Crippen molar-refractivity contribution in [1.82, 2.24) is 9.97 Å². The molecule has 0 atom stereocenters. The summed E-state index contributed by atoms with van der Waals surface area (Å²) in [5.74, 6) is 2.50. The molecule has 0 aliphatic rings. The SMILES string of the molecule is Cc1ccc(CCNc2cc(C#N)ncn2)o1. The summed E-state index contributed by atoms with van der Waals surface area (Å²) >= 11 is 0. The van der Waals surface area contributed by atoms with Crippen LogP contribution in [0.15, 0.2) is 28.9 Å². The van der Waals surface area contributed by atoms with Crippen molar-refractivity contribution in [1.29, 1.82) is 5.26 Å². The van der Waals surface area contributed by atoms with Crippen LogP contribution in [-0.4, -0.2) is 16.5 Å². The smallest absolute Gasteiger partial charge is 0.145 e. The minimum Gasteiger partial charge on any atom is -0.466 e. The lowest BCUT2D eigenvalue weighted by molar-refractivity contribution is 0.486. The fourth-order valence-electron chi connectivity index (χ4n) is 1.45. The number of nitrogens with zero attached hydrogens (tertiary/aromatic N) is 3. The lowest BCUT2D eigenvalue weighted by Gasteiger charge is -2.03. The Kier molecular flexibility index (Phi) is 3.36. The molecule has 0 spiro atoms. The summed E-state index contributed by atoms with van der Waals surface area (Å²) in [6.07, 6.45) is 2.15. The highest BCUT2D eigenvalue weighted by Gasteiger charge is 2.00. The van der Waals surface area contributed by atoms with E-state index in [2.05, 4.69) is 15.3 Å². The monoisotopic (exact) mass is 228 g/mol. The highest BCUT2D eigenvalue weighted by molar-refractivity contribution is 5.38. The third-order valence-electron chi connectivity index (χ3n) is 2.26. The van der Waals surface area contributed by atoms with Crippen molar-refractivity contribution in [3.05, 3.63) is 41.7 Å². The molecular weight excluding hydrogens is 216 g/mol. The number of rotatable bonds is 4. The first kappa shape index (κ1) is 11.1. The summed E-state index contributed by atoms with van der Waals surface area (Å²) in [7, 11) is 0. The van der Waals surface area contributed by atoms with Crippen LogP contribution in [0.1, 0.15) is 17.2 Å². The molecule has 17 heavy (non-hydrogen) atoms. The second-order valence-electron chi connectivity index (χ2n) is 3.59. The molecule has 0 amide bonds. The van der Waals surface area contributed by atoms with Gasteiger partial charge in [0.2, 0.25) is 0 Å². The maximum absolute atomic E-state index is 8.69. The number of furan rings is 1. The normalized spacial score (nSPS) is 9.88. The van der Waals surface area contributed by atoms with E-state index in [9.17, 15) is 0 Å². The fraction of sp³-hybridized carbons (Fsp3) is 0.250. The van der Waals surface area contributed by atoms with Gasteiger partial charge in [-0.2, -0.15) is 5.26 Å². The van der Waals surface area contributed by atoms with Crippen LogP contribution in [0, 0.1) is 18.3 Å². The highest BCUT2D eigenvalue weighted by Crippen LogP contribution is 2.08. The maximum atomic E-state index is 8.69. The molecule has 0 saturated carbocycles. The van der Waals surface area contributed by atoms with E-state index in [1.165, 1.54) is 6.33 Å². The van der Waals surface area contributed by atoms with E-state index < -0.39 is 0 Å². The zero-order chi connectivity index (χ0) is 12.1. The predicted molar refractivity (Wildman–Crippen MR) is 62.4 cm³/mol. The molecule has 2 aromatic rings. The number of hydrogen-bond donors (Lipinski definition) is 1. The van der Waals surface area contributed by atoms with Crippen molar-refractivity contribution in [3.8, 4) is 6.07 Å². The van der Waals surface area contributed by atoms with E-state index in [0.717, 1.165) is 17.9 Å². The Balaban J connectivity index is 1.88. The molecule has 0 aliphatic heterocycles. The van der Waals surface area contributed by atoms with Crippen LogP contribution in [0.2, 0.25) is 0 Å². The molecule has 0 aliphatic carbocycles. The van der Waals surface area contributed by atoms with Gasteiger partial charge in [-0.1, -0.05) is 0 Å². The summed E-state index contributed by atoms with van der Waals surface area (Å²) in [6, 6.07) is 7.48. The number of anilines is 1. The van der Waals surface area contributed by atoms with Gasteiger partial charge < -0.3 is 9.73 Å². The minimum absolute atomic E-state index is 0.358.